The number of hydrogen-bond donors (Lipinski definition) is 1. The van der Waals surface area contributed by atoms with Crippen LogP contribution in [0.5, 0.6) is 5.88 Å². The Morgan fingerprint density at radius 3 is 2.74 bits per heavy atom. The maximum Gasteiger partial charge on any atom is 0.220 e. The van der Waals surface area contributed by atoms with Crippen molar-refractivity contribution >= 4 is 10.9 Å². The third-order valence-electron chi connectivity index (χ3n) is 8.28. The van der Waals surface area contributed by atoms with Crippen molar-refractivity contribution in [1.29, 1.82) is 5.26 Å². The first-order valence-electron chi connectivity index (χ1n) is 12.2. The molecule has 6 nitrogen and oxygen atoms in total. The highest BCUT2D eigenvalue weighted by molar-refractivity contribution is 5.92. The maximum absolute atomic E-state index is 10.7. The Bertz CT molecular complexity index is 1370. The van der Waals surface area contributed by atoms with Crippen LogP contribution >= 0.6 is 0 Å². The van der Waals surface area contributed by atoms with Crippen molar-refractivity contribution < 1.29 is 9.84 Å². The molecule has 34 heavy (non-hydrogen) atoms. The molecule has 6 rings (SSSR count). The van der Waals surface area contributed by atoms with Crippen LogP contribution < -0.4 is 4.74 Å². The second-order valence-electron chi connectivity index (χ2n) is 10.2. The van der Waals surface area contributed by atoms with Gasteiger partial charge in [-0.25, -0.2) is 4.98 Å². The van der Waals surface area contributed by atoms with E-state index in [4.69, 9.17) is 14.7 Å². The molecule has 1 aromatic carbocycles. The summed E-state index contributed by atoms with van der Waals surface area (Å²) in [5, 5.41) is 21.5. The topological polar surface area (TPSA) is 91.9 Å². The predicted molar refractivity (Wildman–Crippen MR) is 129 cm³/mol. The zero-order valence-electron chi connectivity index (χ0n) is 19.6. The van der Waals surface area contributed by atoms with Crippen LogP contribution in [0.1, 0.15) is 57.2 Å². The Hall–Kier alpha value is -3.46. The number of benzene rings is 1. The quantitative estimate of drug-likeness (QED) is 0.538. The molecule has 0 spiro atoms. The second kappa shape index (κ2) is 7.80. The lowest BCUT2D eigenvalue weighted by molar-refractivity contribution is 0.106. The summed E-state index contributed by atoms with van der Waals surface area (Å²) in [7, 11) is 0. The Balaban J connectivity index is 1.57. The van der Waals surface area contributed by atoms with Gasteiger partial charge in [-0.05, 0) is 56.6 Å². The molecule has 2 heterocycles. The lowest BCUT2D eigenvalue weighted by Crippen LogP contribution is -2.45. The van der Waals surface area contributed by atoms with E-state index in [2.05, 4.69) is 24.0 Å². The number of aliphatic hydroxyl groups is 1. The number of allylic oxidation sites excluding steroid dienone is 2. The van der Waals surface area contributed by atoms with Crippen LogP contribution in [0.4, 0.5) is 0 Å². The van der Waals surface area contributed by atoms with Crippen molar-refractivity contribution in [3.05, 3.63) is 59.1 Å². The van der Waals surface area contributed by atoms with Crippen LogP contribution in [0.15, 0.2) is 47.9 Å². The zero-order chi connectivity index (χ0) is 23.4. The van der Waals surface area contributed by atoms with Gasteiger partial charge in [-0.2, -0.15) is 10.2 Å². The predicted octanol–water partition coefficient (Wildman–Crippen LogP) is 5.82. The highest BCUT2D eigenvalue weighted by Crippen LogP contribution is 2.54. The zero-order valence-corrected chi connectivity index (χ0v) is 19.6. The van der Waals surface area contributed by atoms with Crippen molar-refractivity contribution in [2.45, 2.75) is 63.9 Å². The molecule has 3 aliphatic rings. The molecule has 3 aromatic rings. The van der Waals surface area contributed by atoms with Crippen LogP contribution in [-0.2, 0) is 11.8 Å². The number of para-hydroxylation sites is 1. The van der Waals surface area contributed by atoms with E-state index in [1.54, 1.807) is 6.20 Å². The van der Waals surface area contributed by atoms with Crippen molar-refractivity contribution in [3.63, 3.8) is 0 Å². The Morgan fingerprint density at radius 1 is 1.15 bits per heavy atom. The monoisotopic (exact) mass is 452 g/mol. The number of ether oxygens (including phenoxy) is 1. The van der Waals surface area contributed by atoms with Crippen molar-refractivity contribution in [1.82, 2.24) is 15.0 Å². The molecular weight excluding hydrogens is 424 g/mol. The standard InChI is InChI=1S/C28H28N4O2/c1-16-22-11-10-21-25(28(22,2)14-17(15-29)24(16)33)31-26(32-27(21)34-18-6-5-7-18)20-12-13-30-23-9-4-3-8-19(20)23/h3-4,8-9,12-13,16,18,22,33H,5-7,10-11,14H2,1-2H3/t16-,22-,28-/m1/s1. The van der Waals surface area contributed by atoms with E-state index >= 15 is 0 Å². The number of nitriles is 1. The van der Waals surface area contributed by atoms with Gasteiger partial charge >= 0.3 is 0 Å². The van der Waals surface area contributed by atoms with Gasteiger partial charge in [0.2, 0.25) is 5.88 Å². The largest absolute Gasteiger partial charge is 0.511 e. The molecule has 0 saturated heterocycles. The van der Waals surface area contributed by atoms with E-state index in [0.29, 0.717) is 23.7 Å². The van der Waals surface area contributed by atoms with Crippen molar-refractivity contribution in [2.24, 2.45) is 11.8 Å². The second-order valence-corrected chi connectivity index (χ2v) is 10.2. The van der Waals surface area contributed by atoms with Crippen molar-refractivity contribution in [2.75, 3.05) is 0 Å². The van der Waals surface area contributed by atoms with Gasteiger partial charge in [-0.15, -0.1) is 0 Å². The van der Waals surface area contributed by atoms with Gasteiger partial charge in [-0.3, -0.25) is 4.98 Å². The summed E-state index contributed by atoms with van der Waals surface area (Å²) < 4.78 is 6.46. The fourth-order valence-electron chi connectivity index (χ4n) is 6.15. The molecule has 6 heteroatoms. The van der Waals surface area contributed by atoms with E-state index in [1.807, 2.05) is 31.2 Å². The minimum absolute atomic E-state index is 0.0854. The van der Waals surface area contributed by atoms with Crippen LogP contribution in [0.3, 0.4) is 0 Å². The summed E-state index contributed by atoms with van der Waals surface area (Å²) in [6, 6.07) is 12.3. The molecule has 3 atom stereocenters. The van der Waals surface area contributed by atoms with E-state index in [-0.39, 0.29) is 29.1 Å². The maximum atomic E-state index is 10.7. The van der Waals surface area contributed by atoms with Gasteiger partial charge in [0.25, 0.3) is 0 Å². The summed E-state index contributed by atoms with van der Waals surface area (Å²) in [5.74, 6) is 1.69. The molecule has 172 valence electrons. The highest BCUT2D eigenvalue weighted by Gasteiger charge is 2.50. The normalized spacial score (nSPS) is 26.4. The fraction of sp³-hybridized carbons (Fsp3) is 0.429. The molecule has 2 aromatic heterocycles. The third kappa shape index (κ3) is 3.10. The van der Waals surface area contributed by atoms with Gasteiger partial charge in [0, 0.05) is 34.0 Å². The summed E-state index contributed by atoms with van der Waals surface area (Å²) in [5.41, 5.74) is 3.96. The average molecular weight is 453 g/mol. The van der Waals surface area contributed by atoms with Gasteiger partial charge in [0.1, 0.15) is 11.9 Å². The van der Waals surface area contributed by atoms with Crippen LogP contribution in [0.2, 0.25) is 0 Å². The number of fused-ring (bicyclic) bond motifs is 4. The molecule has 1 saturated carbocycles. The molecule has 0 bridgehead atoms. The van der Waals surface area contributed by atoms with E-state index in [0.717, 1.165) is 53.4 Å². The van der Waals surface area contributed by atoms with Crippen LogP contribution in [0.25, 0.3) is 22.3 Å². The lowest BCUT2D eigenvalue weighted by Gasteiger charge is -2.48. The van der Waals surface area contributed by atoms with Crippen LogP contribution in [0, 0.1) is 23.2 Å². The van der Waals surface area contributed by atoms with Gasteiger partial charge in [0.15, 0.2) is 5.82 Å². The first kappa shape index (κ1) is 21.1. The summed E-state index contributed by atoms with van der Waals surface area (Å²) in [4.78, 5) is 14.7. The van der Waals surface area contributed by atoms with E-state index in [1.165, 1.54) is 6.42 Å². The third-order valence-corrected chi connectivity index (χ3v) is 8.28. The minimum Gasteiger partial charge on any atom is -0.511 e. The molecule has 0 radical (unpaired) electrons. The molecular formula is C28H28N4O2. The summed E-state index contributed by atoms with van der Waals surface area (Å²) in [6.07, 6.45) is 7.51. The summed E-state index contributed by atoms with van der Waals surface area (Å²) in [6.45, 7) is 4.23. The Labute approximate surface area is 199 Å². The highest BCUT2D eigenvalue weighted by atomic mass is 16.5. The first-order valence-corrected chi connectivity index (χ1v) is 12.2. The fourth-order valence-corrected chi connectivity index (χ4v) is 6.15. The minimum atomic E-state index is -0.372. The van der Waals surface area contributed by atoms with Gasteiger partial charge < -0.3 is 9.84 Å². The Kier molecular flexibility index (Phi) is 4.84. The number of nitrogens with zero attached hydrogens (tertiary/aromatic N) is 4. The van der Waals surface area contributed by atoms with Crippen molar-refractivity contribution in [3.8, 4) is 23.3 Å². The molecule has 1 N–H and O–H groups in total. The smallest absolute Gasteiger partial charge is 0.220 e. The average Bonchev–Trinajstić information content (AvgIpc) is 2.83. The Morgan fingerprint density at radius 2 is 1.97 bits per heavy atom. The number of pyridine rings is 1. The number of hydrogen-bond acceptors (Lipinski definition) is 6. The lowest BCUT2D eigenvalue weighted by atomic mass is 9.57. The number of aromatic nitrogens is 3. The van der Waals surface area contributed by atoms with E-state index < -0.39 is 0 Å². The number of aliphatic hydroxyl groups excluding tert-OH is 1. The molecule has 0 amide bonds. The molecule has 0 unspecified atom stereocenters. The first-order chi connectivity index (χ1) is 16.5. The van der Waals surface area contributed by atoms with Gasteiger partial charge in [0.05, 0.1) is 22.9 Å². The molecule has 1 fully saturated rings. The summed E-state index contributed by atoms with van der Waals surface area (Å²) >= 11 is 0. The van der Waals surface area contributed by atoms with Gasteiger partial charge in [-0.1, -0.05) is 32.0 Å². The SMILES string of the molecule is C[C@H]1C(O)=C(C#N)C[C@@]2(C)c3nc(-c4ccnc5ccccc45)nc(OC4CCC4)c3CC[C@H]12. The van der Waals surface area contributed by atoms with Crippen LogP contribution in [-0.4, -0.2) is 26.2 Å². The molecule has 0 aliphatic heterocycles. The number of rotatable bonds is 3. The van der Waals surface area contributed by atoms with E-state index in [9.17, 15) is 10.4 Å². The molecule has 3 aliphatic carbocycles.